The molecule has 0 heterocycles. The van der Waals surface area contributed by atoms with Crippen molar-refractivity contribution in [2.24, 2.45) is 0 Å². The summed E-state index contributed by atoms with van der Waals surface area (Å²) in [6, 6.07) is 16.8. The van der Waals surface area contributed by atoms with Crippen molar-refractivity contribution < 1.29 is 14.7 Å². The number of hydroxylamine groups is 1. The molecule has 0 saturated carbocycles. The van der Waals surface area contributed by atoms with Crippen molar-refractivity contribution in [3.8, 4) is 5.75 Å². The van der Waals surface area contributed by atoms with E-state index in [1.54, 1.807) is 12.6 Å². The van der Waals surface area contributed by atoms with Crippen LogP contribution in [-0.4, -0.2) is 18.2 Å². The van der Waals surface area contributed by atoms with Crippen LogP contribution < -0.4 is 10.2 Å². The first-order valence-corrected chi connectivity index (χ1v) is 6.92. The van der Waals surface area contributed by atoms with Gasteiger partial charge in [-0.3, -0.25) is 10.0 Å². The summed E-state index contributed by atoms with van der Waals surface area (Å²) >= 11 is 1.37. The first-order chi connectivity index (χ1) is 9.74. The average Bonchev–Trinajstić information content (AvgIpc) is 2.53. The Labute approximate surface area is 121 Å². The second-order valence-corrected chi connectivity index (χ2v) is 5.24. The average molecular weight is 289 g/mol. The molecule has 2 aromatic carbocycles. The van der Waals surface area contributed by atoms with E-state index in [9.17, 15) is 4.79 Å². The van der Waals surface area contributed by atoms with Crippen LogP contribution in [0, 0.1) is 0 Å². The zero-order chi connectivity index (χ0) is 14.4. The van der Waals surface area contributed by atoms with Crippen LogP contribution >= 0.6 is 11.8 Å². The van der Waals surface area contributed by atoms with Crippen LogP contribution in [0.5, 0.6) is 5.75 Å². The molecule has 4 nitrogen and oxygen atoms in total. The Balaban J connectivity index is 2.21. The summed E-state index contributed by atoms with van der Waals surface area (Å²) in [6.45, 7) is 0. The quantitative estimate of drug-likeness (QED) is 0.504. The summed E-state index contributed by atoms with van der Waals surface area (Å²) in [5.41, 5.74) is 2.56. The molecule has 0 aromatic heterocycles. The molecule has 1 atom stereocenters. The monoisotopic (exact) mass is 289 g/mol. The van der Waals surface area contributed by atoms with Gasteiger partial charge >= 0.3 is 0 Å². The fourth-order valence-electron chi connectivity index (χ4n) is 1.75. The third kappa shape index (κ3) is 3.53. The third-order valence-corrected chi connectivity index (χ3v) is 4.03. The molecule has 104 valence electrons. The molecule has 0 saturated heterocycles. The lowest BCUT2D eigenvalue weighted by Gasteiger charge is -2.15. The SMILES string of the molecule is COc1ccc(SC(C(=O)NO)c2ccccc2)cc1. The first kappa shape index (κ1) is 14.4. The van der Waals surface area contributed by atoms with Crippen LogP contribution in [0.2, 0.25) is 0 Å². The zero-order valence-corrected chi connectivity index (χ0v) is 11.8. The summed E-state index contributed by atoms with van der Waals surface area (Å²) in [5.74, 6) is 0.314. The van der Waals surface area contributed by atoms with E-state index in [0.717, 1.165) is 16.2 Å². The third-order valence-electron chi connectivity index (χ3n) is 2.76. The van der Waals surface area contributed by atoms with Gasteiger partial charge in [0.05, 0.1) is 7.11 Å². The molecule has 0 spiro atoms. The van der Waals surface area contributed by atoms with E-state index in [2.05, 4.69) is 0 Å². The maximum atomic E-state index is 11.8. The Morgan fingerprint density at radius 2 is 1.80 bits per heavy atom. The van der Waals surface area contributed by atoms with Gasteiger partial charge in [-0.25, -0.2) is 5.48 Å². The highest BCUT2D eigenvalue weighted by Crippen LogP contribution is 2.35. The normalized spacial score (nSPS) is 11.7. The zero-order valence-electron chi connectivity index (χ0n) is 10.9. The largest absolute Gasteiger partial charge is 0.497 e. The predicted octanol–water partition coefficient (Wildman–Crippen LogP) is 3.03. The topological polar surface area (TPSA) is 58.6 Å². The number of ether oxygens (including phenoxy) is 1. The molecule has 2 rings (SSSR count). The summed E-state index contributed by atoms with van der Waals surface area (Å²) in [6.07, 6.45) is 0. The van der Waals surface area contributed by atoms with Crippen LogP contribution in [0.25, 0.3) is 0 Å². The van der Waals surface area contributed by atoms with Gasteiger partial charge in [-0.15, -0.1) is 11.8 Å². The lowest BCUT2D eigenvalue weighted by molar-refractivity contribution is -0.128. The second-order valence-electron chi connectivity index (χ2n) is 4.06. The molecule has 5 heteroatoms. The number of carbonyl (C=O) groups is 1. The summed E-state index contributed by atoms with van der Waals surface area (Å²) in [7, 11) is 1.61. The van der Waals surface area contributed by atoms with Crippen molar-refractivity contribution in [3.05, 3.63) is 60.2 Å². The molecule has 2 aromatic rings. The molecule has 0 aliphatic rings. The summed E-state index contributed by atoms with van der Waals surface area (Å²) < 4.78 is 5.10. The highest BCUT2D eigenvalue weighted by Gasteiger charge is 2.21. The van der Waals surface area contributed by atoms with E-state index in [4.69, 9.17) is 9.94 Å². The van der Waals surface area contributed by atoms with E-state index in [1.165, 1.54) is 11.8 Å². The second kappa shape index (κ2) is 6.98. The van der Waals surface area contributed by atoms with Crippen LogP contribution in [0.4, 0.5) is 0 Å². The minimum atomic E-state index is -0.505. The molecule has 0 aliphatic heterocycles. The number of carbonyl (C=O) groups excluding carboxylic acids is 1. The Hall–Kier alpha value is -1.98. The number of hydrogen-bond acceptors (Lipinski definition) is 4. The van der Waals surface area contributed by atoms with E-state index >= 15 is 0 Å². The number of nitrogens with one attached hydrogen (secondary N) is 1. The molecule has 20 heavy (non-hydrogen) atoms. The lowest BCUT2D eigenvalue weighted by Crippen LogP contribution is -2.24. The minimum Gasteiger partial charge on any atom is -0.497 e. The van der Waals surface area contributed by atoms with Crippen molar-refractivity contribution in [2.45, 2.75) is 10.1 Å². The van der Waals surface area contributed by atoms with E-state index in [0.29, 0.717) is 0 Å². The Morgan fingerprint density at radius 1 is 1.15 bits per heavy atom. The van der Waals surface area contributed by atoms with Gasteiger partial charge in [0.25, 0.3) is 5.91 Å². The highest BCUT2D eigenvalue weighted by atomic mass is 32.2. The van der Waals surface area contributed by atoms with Crippen molar-refractivity contribution in [2.75, 3.05) is 7.11 Å². The Bertz CT molecular complexity index is 557. The van der Waals surface area contributed by atoms with Gasteiger partial charge in [0.15, 0.2) is 0 Å². The van der Waals surface area contributed by atoms with Gasteiger partial charge < -0.3 is 4.74 Å². The fraction of sp³-hybridized carbons (Fsp3) is 0.133. The molecule has 1 unspecified atom stereocenters. The standard InChI is InChI=1S/C15H15NO3S/c1-19-12-7-9-13(10-8-12)20-14(15(17)16-18)11-5-3-2-4-6-11/h2-10,14,18H,1H3,(H,16,17). The van der Waals surface area contributed by atoms with Crippen molar-refractivity contribution >= 4 is 17.7 Å². The van der Waals surface area contributed by atoms with Crippen LogP contribution in [0.1, 0.15) is 10.8 Å². The van der Waals surface area contributed by atoms with Crippen molar-refractivity contribution in [1.82, 2.24) is 5.48 Å². The van der Waals surface area contributed by atoms with Crippen LogP contribution in [0.15, 0.2) is 59.5 Å². The smallest absolute Gasteiger partial charge is 0.261 e. The van der Waals surface area contributed by atoms with E-state index in [1.807, 2.05) is 54.6 Å². The van der Waals surface area contributed by atoms with Crippen LogP contribution in [-0.2, 0) is 4.79 Å². The van der Waals surface area contributed by atoms with Gasteiger partial charge in [-0.1, -0.05) is 30.3 Å². The first-order valence-electron chi connectivity index (χ1n) is 6.04. The fourth-order valence-corrected chi connectivity index (χ4v) is 2.77. The molecular weight excluding hydrogens is 274 g/mol. The number of rotatable bonds is 5. The number of thioether (sulfide) groups is 1. The van der Waals surface area contributed by atoms with Gasteiger partial charge in [0.1, 0.15) is 11.0 Å². The van der Waals surface area contributed by atoms with Crippen LogP contribution in [0.3, 0.4) is 0 Å². The Kier molecular flexibility index (Phi) is 5.03. The number of methoxy groups -OCH3 is 1. The lowest BCUT2D eigenvalue weighted by atomic mass is 10.1. The molecule has 2 N–H and O–H groups in total. The number of amides is 1. The van der Waals surface area contributed by atoms with E-state index < -0.39 is 11.2 Å². The number of hydrogen-bond donors (Lipinski definition) is 2. The molecule has 0 radical (unpaired) electrons. The summed E-state index contributed by atoms with van der Waals surface area (Å²) in [5, 5.41) is 8.39. The minimum absolute atomic E-state index is 0.447. The predicted molar refractivity (Wildman–Crippen MR) is 78.0 cm³/mol. The van der Waals surface area contributed by atoms with Gasteiger partial charge in [0, 0.05) is 4.90 Å². The molecular formula is C15H15NO3S. The van der Waals surface area contributed by atoms with Gasteiger partial charge in [-0.05, 0) is 29.8 Å². The summed E-state index contributed by atoms with van der Waals surface area (Å²) in [4.78, 5) is 12.8. The maximum Gasteiger partial charge on any atom is 0.261 e. The number of benzene rings is 2. The molecule has 0 bridgehead atoms. The highest BCUT2D eigenvalue weighted by molar-refractivity contribution is 8.00. The Morgan fingerprint density at radius 3 is 2.35 bits per heavy atom. The van der Waals surface area contributed by atoms with Gasteiger partial charge in [0.2, 0.25) is 0 Å². The molecule has 1 amide bonds. The van der Waals surface area contributed by atoms with Crippen molar-refractivity contribution in [3.63, 3.8) is 0 Å². The molecule has 0 fully saturated rings. The molecule has 0 aliphatic carbocycles. The van der Waals surface area contributed by atoms with E-state index in [-0.39, 0.29) is 0 Å². The maximum absolute atomic E-state index is 11.8. The van der Waals surface area contributed by atoms with Gasteiger partial charge in [-0.2, -0.15) is 0 Å². The van der Waals surface area contributed by atoms with Crippen molar-refractivity contribution in [1.29, 1.82) is 0 Å².